The highest BCUT2D eigenvalue weighted by atomic mass is 32.2. The van der Waals surface area contributed by atoms with Crippen LogP contribution in [0.15, 0.2) is 34.2 Å². The summed E-state index contributed by atoms with van der Waals surface area (Å²) >= 11 is 0. The third-order valence-corrected chi connectivity index (χ3v) is 8.19. The van der Waals surface area contributed by atoms with Gasteiger partial charge < -0.3 is 15.2 Å². The lowest BCUT2D eigenvalue weighted by atomic mass is 9.53. The topological polar surface area (TPSA) is 117 Å². The van der Waals surface area contributed by atoms with E-state index in [4.69, 9.17) is 5.11 Å². The number of nitrogens with zero attached hydrogens (tertiary/aromatic N) is 1. The molecule has 0 saturated heterocycles. The van der Waals surface area contributed by atoms with Crippen LogP contribution in [-0.4, -0.2) is 43.9 Å². The lowest BCUT2D eigenvalue weighted by molar-refractivity contribution is -0.274. The van der Waals surface area contributed by atoms with Crippen molar-refractivity contribution in [2.24, 2.45) is 22.7 Å². The highest BCUT2D eigenvalue weighted by Gasteiger charge is 2.51. The molecule has 4 aliphatic carbocycles. The maximum atomic E-state index is 13.0. The average molecular weight is 504 g/mol. The zero-order chi connectivity index (χ0) is 24.6. The molecular weight excluding hydrogens is 475 g/mol. The van der Waals surface area contributed by atoms with Crippen LogP contribution in [-0.2, 0) is 14.8 Å². The van der Waals surface area contributed by atoms with E-state index in [9.17, 15) is 26.4 Å². The number of nitrogens with one attached hydrogen (secondary N) is 2. The van der Waals surface area contributed by atoms with Crippen molar-refractivity contribution in [3.8, 4) is 5.75 Å². The quantitative estimate of drug-likeness (QED) is 0.283. The fourth-order valence-electron chi connectivity index (χ4n) is 6.04. The predicted molar refractivity (Wildman–Crippen MR) is 117 cm³/mol. The molecule has 0 atom stereocenters. The molecule has 4 saturated carbocycles. The minimum Gasteiger partial charge on any atom is -0.481 e. The summed E-state index contributed by atoms with van der Waals surface area (Å²) in [6, 6.07) is 3.91. The number of guanidine groups is 1. The predicted octanol–water partition coefficient (Wildman–Crippen LogP) is 3.64. The highest BCUT2D eigenvalue weighted by Crippen LogP contribution is 2.55. The van der Waals surface area contributed by atoms with Gasteiger partial charge in [0.15, 0.2) is 0 Å². The van der Waals surface area contributed by atoms with Crippen molar-refractivity contribution >= 4 is 22.0 Å². The number of carboxylic acid groups (broad SMARTS) is 1. The summed E-state index contributed by atoms with van der Waals surface area (Å²) in [5, 5.41) is 12.2. The first kappa shape index (κ1) is 24.6. The van der Waals surface area contributed by atoms with E-state index in [0.29, 0.717) is 17.8 Å². The number of aliphatic imine (C=N–C) groups is 1. The number of halogens is 3. The molecule has 4 fully saturated rings. The van der Waals surface area contributed by atoms with E-state index in [1.54, 1.807) is 0 Å². The molecule has 0 aromatic heterocycles. The van der Waals surface area contributed by atoms with Crippen molar-refractivity contribution in [1.82, 2.24) is 10.0 Å². The van der Waals surface area contributed by atoms with Gasteiger partial charge >= 0.3 is 12.3 Å². The third kappa shape index (κ3) is 6.13. The zero-order valence-corrected chi connectivity index (χ0v) is 19.3. The Balaban J connectivity index is 1.50. The third-order valence-electron chi connectivity index (χ3n) is 6.84. The van der Waals surface area contributed by atoms with Crippen molar-refractivity contribution in [2.75, 3.05) is 6.54 Å². The second kappa shape index (κ2) is 9.27. The number of carboxylic acids is 1. The fourth-order valence-corrected chi connectivity index (χ4v) is 7.02. The number of rotatable bonds is 8. The molecule has 0 aliphatic heterocycles. The van der Waals surface area contributed by atoms with E-state index in [1.165, 1.54) is 19.3 Å². The van der Waals surface area contributed by atoms with Crippen LogP contribution in [0.3, 0.4) is 0 Å². The summed E-state index contributed by atoms with van der Waals surface area (Å²) in [6.07, 6.45) is 1.65. The molecule has 0 heterocycles. The molecule has 1 aromatic rings. The van der Waals surface area contributed by atoms with E-state index in [-0.39, 0.29) is 35.8 Å². The standard InChI is InChI=1S/C22H28F3N3O5S/c23-22(24,25)33-17-3-5-18(6-4-17)34(31,32)28-20(26-7-1-2-19(29)30)27-21-11-14-8-15(12-21)10-16(9-14)13-21/h3-6,14-16H,1-2,7-13H2,(H,29,30)(H2,26,27,28). The zero-order valence-electron chi connectivity index (χ0n) is 18.5. The normalized spacial score (nSPS) is 28.6. The molecule has 0 radical (unpaired) electrons. The van der Waals surface area contributed by atoms with E-state index < -0.39 is 28.1 Å². The molecule has 4 aliphatic rings. The lowest BCUT2D eigenvalue weighted by Crippen LogP contribution is -2.62. The maximum Gasteiger partial charge on any atom is 0.573 e. The fraction of sp³-hybridized carbons (Fsp3) is 0.636. The summed E-state index contributed by atoms with van der Waals surface area (Å²) in [5.41, 5.74) is -0.257. The molecule has 12 heteroatoms. The first-order chi connectivity index (χ1) is 15.9. The summed E-state index contributed by atoms with van der Waals surface area (Å²) < 4.78 is 69.4. The second-order valence-electron chi connectivity index (χ2n) is 9.68. The molecule has 0 unspecified atom stereocenters. The SMILES string of the molecule is O=C(O)CCCN=C(NC12CC3CC(CC(C3)C1)C2)NS(=O)(=O)c1ccc(OC(F)(F)F)cc1. The van der Waals surface area contributed by atoms with Crippen LogP contribution in [0.25, 0.3) is 0 Å². The van der Waals surface area contributed by atoms with Gasteiger partial charge in [-0.05, 0) is 87.0 Å². The number of aliphatic carboxylic acids is 1. The van der Waals surface area contributed by atoms with Gasteiger partial charge in [-0.2, -0.15) is 0 Å². The number of benzene rings is 1. The average Bonchev–Trinajstić information content (AvgIpc) is 2.68. The van der Waals surface area contributed by atoms with Crippen LogP contribution in [0.5, 0.6) is 5.75 Å². The monoisotopic (exact) mass is 503 g/mol. The van der Waals surface area contributed by atoms with E-state index in [2.05, 4.69) is 19.8 Å². The summed E-state index contributed by atoms with van der Waals surface area (Å²) in [6.45, 7) is 0.113. The first-order valence-corrected chi connectivity index (χ1v) is 12.8. The van der Waals surface area contributed by atoms with Gasteiger partial charge in [-0.25, -0.2) is 13.1 Å². The summed E-state index contributed by atoms with van der Waals surface area (Å²) in [4.78, 5) is 14.9. The minimum absolute atomic E-state index is 0.0444. The molecule has 0 amide bonds. The Labute approximate surface area is 196 Å². The van der Waals surface area contributed by atoms with Gasteiger partial charge in [0.2, 0.25) is 5.96 Å². The van der Waals surface area contributed by atoms with Crippen LogP contribution >= 0.6 is 0 Å². The lowest BCUT2D eigenvalue weighted by Gasteiger charge is -2.57. The molecule has 34 heavy (non-hydrogen) atoms. The number of ether oxygens (including phenoxy) is 1. The molecular formula is C22H28F3N3O5S. The number of alkyl halides is 3. The van der Waals surface area contributed by atoms with Crippen LogP contribution in [0, 0.1) is 17.8 Å². The minimum atomic E-state index is -4.88. The molecule has 3 N–H and O–H groups in total. The van der Waals surface area contributed by atoms with Crippen molar-refractivity contribution in [1.29, 1.82) is 0 Å². The molecule has 4 bridgehead atoms. The second-order valence-corrected chi connectivity index (χ2v) is 11.4. The van der Waals surface area contributed by atoms with Crippen molar-refractivity contribution in [2.45, 2.75) is 68.2 Å². The van der Waals surface area contributed by atoms with Crippen LogP contribution < -0.4 is 14.8 Å². The van der Waals surface area contributed by atoms with Gasteiger partial charge in [0.1, 0.15) is 5.75 Å². The molecule has 1 aromatic carbocycles. The van der Waals surface area contributed by atoms with Crippen molar-refractivity contribution in [3.63, 3.8) is 0 Å². The number of carbonyl (C=O) groups is 1. The molecule has 8 nitrogen and oxygen atoms in total. The van der Waals surface area contributed by atoms with E-state index in [0.717, 1.165) is 43.5 Å². The van der Waals surface area contributed by atoms with Gasteiger partial charge in [-0.15, -0.1) is 13.2 Å². The van der Waals surface area contributed by atoms with E-state index in [1.807, 2.05) is 0 Å². The van der Waals surface area contributed by atoms with Gasteiger partial charge in [-0.1, -0.05) is 0 Å². The van der Waals surface area contributed by atoms with Crippen LogP contribution in [0.2, 0.25) is 0 Å². The Kier molecular flexibility index (Phi) is 6.71. The van der Waals surface area contributed by atoms with Gasteiger partial charge in [0, 0.05) is 18.5 Å². The van der Waals surface area contributed by atoms with Gasteiger partial charge in [0.05, 0.1) is 4.90 Å². The van der Waals surface area contributed by atoms with Crippen LogP contribution in [0.1, 0.15) is 51.4 Å². The molecule has 0 spiro atoms. The summed E-state index contributed by atoms with van der Waals surface area (Å²) in [7, 11) is -4.15. The number of hydrogen-bond acceptors (Lipinski definition) is 5. The van der Waals surface area contributed by atoms with Gasteiger partial charge in [-0.3, -0.25) is 9.79 Å². The van der Waals surface area contributed by atoms with Crippen molar-refractivity contribution in [3.05, 3.63) is 24.3 Å². The number of hydrogen-bond donors (Lipinski definition) is 3. The Morgan fingerprint density at radius 2 is 1.65 bits per heavy atom. The highest BCUT2D eigenvalue weighted by molar-refractivity contribution is 7.90. The Morgan fingerprint density at radius 1 is 1.09 bits per heavy atom. The number of sulfonamides is 1. The smallest absolute Gasteiger partial charge is 0.481 e. The van der Waals surface area contributed by atoms with Crippen molar-refractivity contribution < 1.29 is 36.2 Å². The first-order valence-electron chi connectivity index (χ1n) is 11.3. The molecule has 188 valence electrons. The van der Waals surface area contributed by atoms with Gasteiger partial charge in [0.25, 0.3) is 10.0 Å². The maximum absolute atomic E-state index is 13.0. The van der Waals surface area contributed by atoms with E-state index >= 15 is 0 Å². The Morgan fingerprint density at radius 3 is 2.15 bits per heavy atom. The largest absolute Gasteiger partial charge is 0.573 e. The Hall–Kier alpha value is -2.50. The summed E-state index contributed by atoms with van der Waals surface area (Å²) in [5.74, 6) is 0.357. The van der Waals surface area contributed by atoms with Crippen LogP contribution in [0.4, 0.5) is 13.2 Å². The Bertz CT molecular complexity index is 1010. The molecule has 5 rings (SSSR count).